The first-order chi connectivity index (χ1) is 6.47. The van der Waals surface area contributed by atoms with Gasteiger partial charge in [-0.2, -0.15) is 0 Å². The SMILES string of the molecule is CC[C@](C)(N)c1cccc([N+](=O)[O-])c1. The zero-order valence-electron chi connectivity index (χ0n) is 8.36. The third-order valence-electron chi connectivity index (χ3n) is 2.45. The Morgan fingerprint density at radius 3 is 2.71 bits per heavy atom. The van der Waals surface area contributed by atoms with E-state index in [1.807, 2.05) is 19.9 Å². The summed E-state index contributed by atoms with van der Waals surface area (Å²) in [5.41, 5.74) is 6.38. The van der Waals surface area contributed by atoms with E-state index in [4.69, 9.17) is 5.73 Å². The second kappa shape index (κ2) is 3.75. The molecule has 0 saturated carbocycles. The summed E-state index contributed by atoms with van der Waals surface area (Å²) in [5, 5.41) is 10.5. The molecule has 0 amide bonds. The summed E-state index contributed by atoms with van der Waals surface area (Å²) in [6.07, 6.45) is 0.744. The molecule has 1 rings (SSSR count). The molecule has 1 aromatic rings. The average Bonchev–Trinajstić information content (AvgIpc) is 2.18. The normalized spacial score (nSPS) is 14.8. The maximum absolute atomic E-state index is 10.5. The van der Waals surface area contributed by atoms with Crippen molar-refractivity contribution >= 4 is 5.69 Å². The van der Waals surface area contributed by atoms with Crippen LogP contribution < -0.4 is 5.73 Å². The van der Waals surface area contributed by atoms with Gasteiger partial charge in [-0.25, -0.2) is 0 Å². The topological polar surface area (TPSA) is 69.2 Å². The first kappa shape index (κ1) is 10.7. The Labute approximate surface area is 82.9 Å². The van der Waals surface area contributed by atoms with E-state index in [2.05, 4.69) is 0 Å². The molecule has 0 saturated heterocycles. The molecule has 1 aromatic carbocycles. The Morgan fingerprint density at radius 1 is 1.57 bits per heavy atom. The molecule has 14 heavy (non-hydrogen) atoms. The van der Waals surface area contributed by atoms with E-state index >= 15 is 0 Å². The van der Waals surface area contributed by atoms with Crippen LogP contribution in [0.2, 0.25) is 0 Å². The minimum absolute atomic E-state index is 0.0904. The van der Waals surface area contributed by atoms with Gasteiger partial charge < -0.3 is 5.73 Å². The predicted octanol–water partition coefficient (Wildman–Crippen LogP) is 2.18. The molecule has 0 aromatic heterocycles. The summed E-state index contributed by atoms with van der Waals surface area (Å²) < 4.78 is 0. The number of nitrogens with zero attached hydrogens (tertiary/aromatic N) is 1. The van der Waals surface area contributed by atoms with Gasteiger partial charge >= 0.3 is 0 Å². The van der Waals surface area contributed by atoms with Crippen LogP contribution in [0.3, 0.4) is 0 Å². The quantitative estimate of drug-likeness (QED) is 0.592. The molecule has 0 heterocycles. The molecule has 4 heteroatoms. The third kappa shape index (κ3) is 2.09. The smallest absolute Gasteiger partial charge is 0.269 e. The summed E-state index contributed by atoms with van der Waals surface area (Å²) in [4.78, 5) is 10.1. The number of non-ortho nitro benzene ring substituents is 1. The van der Waals surface area contributed by atoms with Crippen molar-refractivity contribution in [3.8, 4) is 0 Å². The van der Waals surface area contributed by atoms with E-state index in [9.17, 15) is 10.1 Å². The van der Waals surface area contributed by atoms with E-state index in [0.29, 0.717) is 0 Å². The van der Waals surface area contributed by atoms with Gasteiger partial charge in [-0.3, -0.25) is 10.1 Å². The van der Waals surface area contributed by atoms with Crippen LogP contribution in [0.5, 0.6) is 0 Å². The van der Waals surface area contributed by atoms with E-state index in [1.165, 1.54) is 12.1 Å². The Kier molecular flexibility index (Phi) is 2.86. The maximum Gasteiger partial charge on any atom is 0.269 e. The van der Waals surface area contributed by atoms with Crippen molar-refractivity contribution in [3.05, 3.63) is 39.9 Å². The summed E-state index contributed by atoms with van der Waals surface area (Å²) in [6.45, 7) is 3.82. The second-order valence-corrected chi connectivity index (χ2v) is 3.58. The van der Waals surface area contributed by atoms with Crippen LogP contribution in [0, 0.1) is 10.1 Å². The number of nitro groups is 1. The van der Waals surface area contributed by atoms with Crippen molar-refractivity contribution in [3.63, 3.8) is 0 Å². The molecular weight excluding hydrogens is 180 g/mol. The van der Waals surface area contributed by atoms with E-state index < -0.39 is 10.5 Å². The Bertz CT molecular complexity index is 348. The van der Waals surface area contributed by atoms with Gasteiger partial charge in [0.2, 0.25) is 0 Å². The highest BCUT2D eigenvalue weighted by atomic mass is 16.6. The molecule has 0 radical (unpaired) electrons. The third-order valence-corrected chi connectivity index (χ3v) is 2.45. The van der Waals surface area contributed by atoms with Gasteiger partial charge in [-0.05, 0) is 18.9 Å². The fourth-order valence-corrected chi connectivity index (χ4v) is 1.18. The summed E-state index contributed by atoms with van der Waals surface area (Å²) in [7, 11) is 0. The number of benzene rings is 1. The lowest BCUT2D eigenvalue weighted by atomic mass is 9.90. The molecule has 2 N–H and O–H groups in total. The van der Waals surface area contributed by atoms with Crippen LogP contribution in [0.25, 0.3) is 0 Å². The lowest BCUT2D eigenvalue weighted by Gasteiger charge is -2.22. The van der Waals surface area contributed by atoms with Crippen molar-refractivity contribution < 1.29 is 4.92 Å². The van der Waals surface area contributed by atoms with Gasteiger partial charge in [-0.1, -0.05) is 19.1 Å². The van der Waals surface area contributed by atoms with Gasteiger partial charge in [0, 0.05) is 17.7 Å². The number of nitro benzene ring substituents is 1. The van der Waals surface area contributed by atoms with E-state index in [1.54, 1.807) is 6.07 Å². The Balaban J connectivity index is 3.12. The lowest BCUT2D eigenvalue weighted by molar-refractivity contribution is -0.385. The van der Waals surface area contributed by atoms with Crippen LogP contribution in [-0.2, 0) is 5.54 Å². The molecule has 1 atom stereocenters. The highest BCUT2D eigenvalue weighted by Gasteiger charge is 2.20. The molecular formula is C10H14N2O2. The fraction of sp³-hybridized carbons (Fsp3) is 0.400. The van der Waals surface area contributed by atoms with E-state index in [0.717, 1.165) is 12.0 Å². The first-order valence-corrected chi connectivity index (χ1v) is 4.51. The summed E-state index contributed by atoms with van der Waals surface area (Å²) in [5.74, 6) is 0. The van der Waals surface area contributed by atoms with Crippen LogP contribution in [0.15, 0.2) is 24.3 Å². The molecule has 0 aliphatic rings. The standard InChI is InChI=1S/C10H14N2O2/c1-3-10(2,11)8-5-4-6-9(7-8)12(13)14/h4-7H,3,11H2,1-2H3/t10-/m0/s1. The number of hydrogen-bond acceptors (Lipinski definition) is 3. The highest BCUT2D eigenvalue weighted by Crippen LogP contribution is 2.24. The molecule has 0 unspecified atom stereocenters. The van der Waals surface area contributed by atoms with Crippen molar-refractivity contribution in [1.29, 1.82) is 0 Å². The monoisotopic (exact) mass is 194 g/mol. The highest BCUT2D eigenvalue weighted by molar-refractivity contribution is 5.37. The van der Waals surface area contributed by atoms with E-state index in [-0.39, 0.29) is 5.69 Å². The second-order valence-electron chi connectivity index (χ2n) is 3.58. The number of nitrogens with two attached hydrogens (primary N) is 1. The maximum atomic E-state index is 10.5. The molecule has 0 aliphatic heterocycles. The Hall–Kier alpha value is -1.42. The van der Waals surface area contributed by atoms with Crippen molar-refractivity contribution in [2.45, 2.75) is 25.8 Å². The van der Waals surface area contributed by atoms with Gasteiger partial charge in [0.15, 0.2) is 0 Å². The first-order valence-electron chi connectivity index (χ1n) is 4.51. The van der Waals surface area contributed by atoms with Crippen molar-refractivity contribution in [2.75, 3.05) is 0 Å². The van der Waals surface area contributed by atoms with Gasteiger partial charge in [0.25, 0.3) is 5.69 Å². The molecule has 0 fully saturated rings. The number of rotatable bonds is 3. The van der Waals surface area contributed by atoms with Crippen LogP contribution in [-0.4, -0.2) is 4.92 Å². The van der Waals surface area contributed by atoms with Crippen molar-refractivity contribution in [1.82, 2.24) is 0 Å². The molecule has 76 valence electrons. The minimum atomic E-state index is -0.494. The molecule has 0 bridgehead atoms. The largest absolute Gasteiger partial charge is 0.322 e. The zero-order chi connectivity index (χ0) is 10.8. The van der Waals surface area contributed by atoms with Crippen LogP contribution in [0.1, 0.15) is 25.8 Å². The van der Waals surface area contributed by atoms with Gasteiger partial charge in [-0.15, -0.1) is 0 Å². The summed E-state index contributed by atoms with van der Waals surface area (Å²) in [6, 6.07) is 6.48. The average molecular weight is 194 g/mol. The van der Waals surface area contributed by atoms with Crippen molar-refractivity contribution in [2.24, 2.45) is 5.73 Å². The fourth-order valence-electron chi connectivity index (χ4n) is 1.18. The summed E-state index contributed by atoms with van der Waals surface area (Å²) >= 11 is 0. The van der Waals surface area contributed by atoms with Gasteiger partial charge in [0.1, 0.15) is 0 Å². The number of hydrogen-bond donors (Lipinski definition) is 1. The van der Waals surface area contributed by atoms with Crippen LogP contribution >= 0.6 is 0 Å². The molecule has 4 nitrogen and oxygen atoms in total. The zero-order valence-corrected chi connectivity index (χ0v) is 8.36. The molecule has 0 aliphatic carbocycles. The predicted molar refractivity (Wildman–Crippen MR) is 54.9 cm³/mol. The lowest BCUT2D eigenvalue weighted by Crippen LogP contribution is -2.31. The molecule has 0 spiro atoms. The van der Waals surface area contributed by atoms with Crippen LogP contribution in [0.4, 0.5) is 5.69 Å². The van der Waals surface area contributed by atoms with Gasteiger partial charge in [0.05, 0.1) is 4.92 Å². The minimum Gasteiger partial charge on any atom is -0.322 e. The Morgan fingerprint density at radius 2 is 2.21 bits per heavy atom.